The molecule has 1 aliphatic rings. The molecule has 0 spiro atoms. The summed E-state index contributed by atoms with van der Waals surface area (Å²) < 4.78 is 0. The van der Waals surface area contributed by atoms with Crippen molar-refractivity contribution in [1.29, 1.82) is 0 Å². The summed E-state index contributed by atoms with van der Waals surface area (Å²) in [7, 11) is 0. The minimum Gasteiger partial charge on any atom is -0.393 e. The number of piperidine rings is 1. The van der Waals surface area contributed by atoms with Gasteiger partial charge in [0.25, 0.3) is 0 Å². The number of pyridine rings is 1. The molecule has 0 aliphatic carbocycles. The van der Waals surface area contributed by atoms with Gasteiger partial charge in [-0.15, -0.1) is 0 Å². The Morgan fingerprint density at radius 3 is 3.05 bits per heavy atom. The van der Waals surface area contributed by atoms with Crippen molar-refractivity contribution < 1.29 is 0 Å². The van der Waals surface area contributed by atoms with Gasteiger partial charge in [0.2, 0.25) is 0 Å². The number of para-hydroxylation sites is 1. The highest BCUT2D eigenvalue weighted by Gasteiger charge is 2.22. The summed E-state index contributed by atoms with van der Waals surface area (Å²) in [6.45, 7) is 5.10. The molecule has 1 unspecified atom stereocenters. The van der Waals surface area contributed by atoms with Crippen molar-refractivity contribution in [2.45, 2.75) is 26.3 Å². The monoisotopic (exact) mass is 299 g/mol. The first-order valence-electron chi connectivity index (χ1n) is 7.50. The minimum atomic E-state index is 0.364. The second kappa shape index (κ2) is 6.08. The van der Waals surface area contributed by atoms with Gasteiger partial charge in [0, 0.05) is 30.1 Å². The van der Waals surface area contributed by atoms with E-state index in [0.717, 1.165) is 37.3 Å². The van der Waals surface area contributed by atoms with Crippen LogP contribution in [0.4, 0.5) is 0 Å². The van der Waals surface area contributed by atoms with Crippen molar-refractivity contribution in [2.24, 2.45) is 11.7 Å². The van der Waals surface area contributed by atoms with Crippen LogP contribution in [-0.4, -0.2) is 28.0 Å². The Bertz CT molecular complexity index is 668. The van der Waals surface area contributed by atoms with Crippen molar-refractivity contribution in [3.8, 4) is 0 Å². The number of nitrogens with two attached hydrogens (primary N) is 1. The SMILES string of the molecule is Cc1cc(CN2CCCC(C(N)=S)C2)c2ccccc2n1. The van der Waals surface area contributed by atoms with Gasteiger partial charge in [-0.3, -0.25) is 9.88 Å². The molecule has 2 heterocycles. The average Bonchev–Trinajstić information content (AvgIpc) is 2.47. The fourth-order valence-corrected chi connectivity index (χ4v) is 3.39. The summed E-state index contributed by atoms with van der Waals surface area (Å²) in [4.78, 5) is 7.74. The summed E-state index contributed by atoms with van der Waals surface area (Å²) >= 11 is 5.17. The molecule has 1 atom stereocenters. The van der Waals surface area contributed by atoms with Crippen LogP contribution < -0.4 is 5.73 Å². The highest BCUT2D eigenvalue weighted by Crippen LogP contribution is 2.23. The summed E-state index contributed by atoms with van der Waals surface area (Å²) in [5.41, 5.74) is 9.34. The molecule has 1 saturated heterocycles. The van der Waals surface area contributed by atoms with Crippen LogP contribution in [0.2, 0.25) is 0 Å². The topological polar surface area (TPSA) is 42.1 Å². The standard InChI is InChI=1S/C17H21N3S/c1-12-9-14(15-6-2-3-7-16(15)19-12)11-20-8-4-5-13(10-20)17(18)21/h2-3,6-7,9,13H,4-5,8,10-11H2,1H3,(H2,18,21). The molecule has 1 aliphatic heterocycles. The average molecular weight is 299 g/mol. The molecular formula is C17H21N3S. The smallest absolute Gasteiger partial charge is 0.0771 e. The molecule has 4 heteroatoms. The Labute approximate surface area is 131 Å². The molecule has 110 valence electrons. The highest BCUT2D eigenvalue weighted by atomic mass is 32.1. The molecule has 1 aromatic carbocycles. The van der Waals surface area contributed by atoms with E-state index in [9.17, 15) is 0 Å². The number of fused-ring (bicyclic) bond motifs is 1. The van der Waals surface area contributed by atoms with E-state index in [0.29, 0.717) is 10.9 Å². The molecule has 0 saturated carbocycles. The Morgan fingerprint density at radius 1 is 1.43 bits per heavy atom. The zero-order chi connectivity index (χ0) is 14.8. The quantitative estimate of drug-likeness (QED) is 0.885. The maximum absolute atomic E-state index is 5.83. The molecule has 2 N–H and O–H groups in total. The summed E-state index contributed by atoms with van der Waals surface area (Å²) in [6, 6.07) is 10.6. The first kappa shape index (κ1) is 14.4. The molecule has 1 aromatic heterocycles. The van der Waals surface area contributed by atoms with E-state index < -0.39 is 0 Å². The van der Waals surface area contributed by atoms with Crippen LogP contribution in [0.25, 0.3) is 10.9 Å². The molecule has 1 fully saturated rings. The van der Waals surface area contributed by atoms with Crippen LogP contribution in [0, 0.1) is 12.8 Å². The zero-order valence-corrected chi connectivity index (χ0v) is 13.2. The number of nitrogens with zero attached hydrogens (tertiary/aromatic N) is 2. The lowest BCUT2D eigenvalue weighted by atomic mass is 9.97. The lowest BCUT2D eigenvalue weighted by Crippen LogP contribution is -2.40. The van der Waals surface area contributed by atoms with Gasteiger partial charge in [-0.05, 0) is 44.0 Å². The summed E-state index contributed by atoms with van der Waals surface area (Å²) in [6.07, 6.45) is 2.30. The van der Waals surface area contributed by atoms with Crippen LogP contribution in [-0.2, 0) is 6.54 Å². The third-order valence-corrected chi connectivity index (χ3v) is 4.57. The number of likely N-dealkylation sites (tertiary alicyclic amines) is 1. The van der Waals surface area contributed by atoms with E-state index >= 15 is 0 Å². The Kier molecular flexibility index (Phi) is 4.17. The molecule has 0 bridgehead atoms. The van der Waals surface area contributed by atoms with Gasteiger partial charge >= 0.3 is 0 Å². The molecule has 2 aromatic rings. The van der Waals surface area contributed by atoms with Crippen molar-refractivity contribution >= 4 is 28.1 Å². The number of hydrogen-bond acceptors (Lipinski definition) is 3. The van der Waals surface area contributed by atoms with Crippen molar-refractivity contribution in [1.82, 2.24) is 9.88 Å². The number of benzene rings is 1. The van der Waals surface area contributed by atoms with Crippen molar-refractivity contribution in [3.05, 3.63) is 41.6 Å². The van der Waals surface area contributed by atoms with Crippen LogP contribution in [0.15, 0.2) is 30.3 Å². The van der Waals surface area contributed by atoms with Gasteiger partial charge in [-0.1, -0.05) is 30.4 Å². The Balaban J connectivity index is 1.86. The van der Waals surface area contributed by atoms with Crippen molar-refractivity contribution in [2.75, 3.05) is 13.1 Å². The predicted molar refractivity (Wildman–Crippen MR) is 91.3 cm³/mol. The van der Waals surface area contributed by atoms with Gasteiger partial charge < -0.3 is 5.73 Å². The van der Waals surface area contributed by atoms with E-state index in [1.165, 1.54) is 17.4 Å². The fourth-order valence-electron chi connectivity index (χ4n) is 3.20. The minimum absolute atomic E-state index is 0.364. The molecule has 3 rings (SSSR count). The van der Waals surface area contributed by atoms with E-state index in [1.54, 1.807) is 0 Å². The number of hydrogen-bond donors (Lipinski definition) is 1. The molecule has 0 radical (unpaired) electrons. The largest absolute Gasteiger partial charge is 0.393 e. The van der Waals surface area contributed by atoms with Gasteiger partial charge in [0.05, 0.1) is 10.5 Å². The van der Waals surface area contributed by atoms with E-state index in [2.05, 4.69) is 41.1 Å². The third kappa shape index (κ3) is 3.22. The van der Waals surface area contributed by atoms with E-state index in [1.807, 2.05) is 6.07 Å². The number of rotatable bonds is 3. The predicted octanol–water partition coefficient (Wildman–Crippen LogP) is 3.04. The number of aryl methyl sites for hydroxylation is 1. The van der Waals surface area contributed by atoms with E-state index in [4.69, 9.17) is 18.0 Å². The number of thiocarbonyl (C=S) groups is 1. The second-order valence-corrected chi connectivity index (χ2v) is 6.39. The van der Waals surface area contributed by atoms with E-state index in [-0.39, 0.29) is 0 Å². The zero-order valence-electron chi connectivity index (χ0n) is 12.4. The van der Waals surface area contributed by atoms with Gasteiger partial charge in [-0.2, -0.15) is 0 Å². The van der Waals surface area contributed by atoms with Crippen LogP contribution in [0.3, 0.4) is 0 Å². The lowest BCUT2D eigenvalue weighted by molar-refractivity contribution is 0.198. The van der Waals surface area contributed by atoms with Crippen LogP contribution in [0.5, 0.6) is 0 Å². The Morgan fingerprint density at radius 2 is 2.24 bits per heavy atom. The summed E-state index contributed by atoms with van der Waals surface area (Å²) in [5.74, 6) is 0.364. The van der Waals surface area contributed by atoms with Crippen molar-refractivity contribution in [3.63, 3.8) is 0 Å². The first-order valence-corrected chi connectivity index (χ1v) is 7.91. The van der Waals surface area contributed by atoms with Crippen LogP contribution >= 0.6 is 12.2 Å². The summed E-state index contributed by atoms with van der Waals surface area (Å²) in [5, 5.41) is 1.25. The second-order valence-electron chi connectivity index (χ2n) is 5.92. The number of aromatic nitrogens is 1. The fraction of sp³-hybridized carbons (Fsp3) is 0.412. The third-order valence-electron chi connectivity index (χ3n) is 4.23. The lowest BCUT2D eigenvalue weighted by Gasteiger charge is -2.32. The van der Waals surface area contributed by atoms with Crippen LogP contribution in [0.1, 0.15) is 24.1 Å². The molecule has 3 nitrogen and oxygen atoms in total. The van der Waals surface area contributed by atoms with Gasteiger partial charge in [-0.25, -0.2) is 0 Å². The van der Waals surface area contributed by atoms with Gasteiger partial charge in [0.1, 0.15) is 0 Å². The normalized spacial score (nSPS) is 19.8. The first-order chi connectivity index (χ1) is 10.1. The molecule has 21 heavy (non-hydrogen) atoms. The maximum Gasteiger partial charge on any atom is 0.0771 e. The highest BCUT2D eigenvalue weighted by molar-refractivity contribution is 7.80. The Hall–Kier alpha value is -1.52. The van der Waals surface area contributed by atoms with Gasteiger partial charge in [0.15, 0.2) is 0 Å². The molecule has 0 amide bonds. The maximum atomic E-state index is 5.83. The molecular weight excluding hydrogens is 278 g/mol.